The van der Waals surface area contributed by atoms with Crippen molar-refractivity contribution in [2.45, 2.75) is 64.5 Å². The lowest BCUT2D eigenvalue weighted by Gasteiger charge is -2.33. The molecule has 0 radical (unpaired) electrons. The molecule has 1 saturated carbocycles. The van der Waals surface area contributed by atoms with Crippen molar-refractivity contribution in [1.82, 2.24) is 0 Å². The molecule has 0 spiro atoms. The molecule has 0 bridgehead atoms. The Bertz CT molecular complexity index is 466. The van der Waals surface area contributed by atoms with E-state index in [1.165, 1.54) is 55.5 Å². The topological polar surface area (TPSA) is 29.3 Å². The monoisotopic (exact) mass is 272 g/mol. The van der Waals surface area contributed by atoms with Crippen molar-refractivity contribution in [2.24, 2.45) is 11.7 Å². The zero-order chi connectivity index (χ0) is 14.1. The zero-order valence-corrected chi connectivity index (χ0v) is 12.9. The Labute approximate surface area is 123 Å². The van der Waals surface area contributed by atoms with E-state index < -0.39 is 0 Å². The quantitative estimate of drug-likeness (QED) is 0.910. The molecule has 1 aromatic rings. The second kappa shape index (κ2) is 5.77. The van der Waals surface area contributed by atoms with E-state index in [-0.39, 0.29) is 6.04 Å². The second-order valence-corrected chi connectivity index (χ2v) is 6.89. The molecule has 20 heavy (non-hydrogen) atoms. The van der Waals surface area contributed by atoms with Gasteiger partial charge in [-0.1, -0.05) is 18.9 Å². The van der Waals surface area contributed by atoms with E-state index in [4.69, 9.17) is 5.73 Å². The van der Waals surface area contributed by atoms with Gasteiger partial charge in [-0.15, -0.1) is 0 Å². The highest BCUT2D eigenvalue weighted by atomic mass is 15.2. The molecule has 2 nitrogen and oxygen atoms in total. The van der Waals surface area contributed by atoms with Crippen molar-refractivity contribution in [3.05, 3.63) is 29.3 Å². The molecular formula is C18H28N2. The highest BCUT2D eigenvalue weighted by Gasteiger charge is 2.35. The molecule has 3 rings (SSSR count). The lowest BCUT2D eigenvalue weighted by molar-refractivity contribution is 0.342. The lowest BCUT2D eigenvalue weighted by atomic mass is 9.85. The first-order valence-electron chi connectivity index (χ1n) is 8.27. The minimum absolute atomic E-state index is 0.245. The number of rotatable bonds is 3. The highest BCUT2D eigenvalue weighted by molar-refractivity contribution is 5.53. The van der Waals surface area contributed by atoms with Crippen LogP contribution >= 0.6 is 0 Å². The van der Waals surface area contributed by atoms with Crippen LogP contribution in [0.1, 0.15) is 50.2 Å². The number of hydrogen-bond donors (Lipinski definition) is 1. The normalized spacial score (nSPS) is 27.4. The van der Waals surface area contributed by atoms with Crippen molar-refractivity contribution in [3.8, 4) is 0 Å². The van der Waals surface area contributed by atoms with Crippen LogP contribution in [0.3, 0.4) is 0 Å². The first-order chi connectivity index (χ1) is 9.65. The minimum atomic E-state index is 0.245. The van der Waals surface area contributed by atoms with E-state index in [2.05, 4.69) is 36.9 Å². The van der Waals surface area contributed by atoms with Crippen LogP contribution in [0.25, 0.3) is 0 Å². The first kappa shape index (κ1) is 13.9. The van der Waals surface area contributed by atoms with Gasteiger partial charge in [-0.25, -0.2) is 0 Å². The summed E-state index contributed by atoms with van der Waals surface area (Å²) in [6, 6.07) is 8.05. The fraction of sp³-hybridized carbons (Fsp3) is 0.667. The van der Waals surface area contributed by atoms with Crippen LogP contribution in [-0.4, -0.2) is 18.6 Å². The number of aryl methyl sites for hydroxylation is 1. The molecule has 3 atom stereocenters. The van der Waals surface area contributed by atoms with E-state index in [0.717, 1.165) is 18.4 Å². The summed E-state index contributed by atoms with van der Waals surface area (Å²) in [5.41, 5.74) is 10.2. The first-order valence-corrected chi connectivity index (χ1v) is 8.27. The Morgan fingerprint density at radius 3 is 2.80 bits per heavy atom. The summed E-state index contributed by atoms with van der Waals surface area (Å²) in [5.74, 6) is 0.952. The summed E-state index contributed by atoms with van der Waals surface area (Å²) in [5, 5.41) is 0. The predicted octanol–water partition coefficient (Wildman–Crippen LogP) is 3.65. The number of nitrogens with two attached hydrogens (primary N) is 1. The van der Waals surface area contributed by atoms with Crippen LogP contribution < -0.4 is 10.6 Å². The summed E-state index contributed by atoms with van der Waals surface area (Å²) >= 11 is 0. The molecule has 2 heteroatoms. The van der Waals surface area contributed by atoms with E-state index >= 15 is 0 Å². The smallest absolute Gasteiger partial charge is 0.0371 e. The second-order valence-electron chi connectivity index (χ2n) is 6.89. The van der Waals surface area contributed by atoms with Crippen LogP contribution in [0.4, 0.5) is 5.69 Å². The van der Waals surface area contributed by atoms with Gasteiger partial charge in [0.2, 0.25) is 0 Å². The molecule has 1 aliphatic carbocycles. The van der Waals surface area contributed by atoms with E-state index in [1.54, 1.807) is 0 Å². The average Bonchev–Trinajstić information content (AvgIpc) is 2.84. The fourth-order valence-electron chi connectivity index (χ4n) is 4.16. The van der Waals surface area contributed by atoms with Crippen LogP contribution in [0.5, 0.6) is 0 Å². The standard InChI is InChI=1S/C18H28N2/c1-13-11-17(8-7-16(13)12-14(2)19)20-10-9-15-5-3-4-6-18(15)20/h7-8,11,14-15,18H,3-6,9-10,12,19H2,1-2H3. The van der Waals surface area contributed by atoms with Gasteiger partial charge in [-0.3, -0.25) is 0 Å². The third-order valence-corrected chi connectivity index (χ3v) is 5.21. The number of hydrogen-bond acceptors (Lipinski definition) is 2. The Kier molecular flexibility index (Phi) is 4.02. The lowest BCUT2D eigenvalue weighted by Crippen LogP contribution is -2.34. The summed E-state index contributed by atoms with van der Waals surface area (Å²) in [4.78, 5) is 2.67. The maximum Gasteiger partial charge on any atom is 0.0371 e. The molecule has 110 valence electrons. The number of benzene rings is 1. The van der Waals surface area contributed by atoms with E-state index in [1.807, 2.05) is 0 Å². The molecule has 0 aromatic heterocycles. The van der Waals surface area contributed by atoms with Gasteiger partial charge in [0.15, 0.2) is 0 Å². The maximum absolute atomic E-state index is 5.93. The van der Waals surface area contributed by atoms with Gasteiger partial charge in [-0.2, -0.15) is 0 Å². The van der Waals surface area contributed by atoms with E-state index in [9.17, 15) is 0 Å². The van der Waals surface area contributed by atoms with Gasteiger partial charge < -0.3 is 10.6 Å². The molecule has 1 aromatic carbocycles. The van der Waals surface area contributed by atoms with Crippen molar-refractivity contribution in [1.29, 1.82) is 0 Å². The fourth-order valence-corrected chi connectivity index (χ4v) is 4.16. The summed E-state index contributed by atoms with van der Waals surface area (Å²) < 4.78 is 0. The van der Waals surface area contributed by atoms with Crippen molar-refractivity contribution < 1.29 is 0 Å². The molecule has 0 amide bonds. The molecule has 1 saturated heterocycles. The van der Waals surface area contributed by atoms with Crippen LogP contribution in [0.15, 0.2) is 18.2 Å². The Balaban J connectivity index is 1.79. The van der Waals surface area contributed by atoms with Crippen LogP contribution in [-0.2, 0) is 6.42 Å². The molecule has 1 heterocycles. The van der Waals surface area contributed by atoms with Crippen molar-refractivity contribution >= 4 is 5.69 Å². The largest absolute Gasteiger partial charge is 0.368 e. The molecule has 2 fully saturated rings. The average molecular weight is 272 g/mol. The summed E-state index contributed by atoms with van der Waals surface area (Å²) in [6.45, 7) is 5.57. The zero-order valence-electron chi connectivity index (χ0n) is 12.9. The van der Waals surface area contributed by atoms with Crippen molar-refractivity contribution in [2.75, 3.05) is 11.4 Å². The van der Waals surface area contributed by atoms with Gasteiger partial charge in [0.05, 0.1) is 0 Å². The third kappa shape index (κ3) is 2.71. The molecule has 1 aliphatic heterocycles. The number of nitrogens with zero attached hydrogens (tertiary/aromatic N) is 1. The van der Waals surface area contributed by atoms with Gasteiger partial charge in [0.1, 0.15) is 0 Å². The molecule has 3 unspecified atom stereocenters. The molecule has 2 aliphatic rings. The predicted molar refractivity (Wildman–Crippen MR) is 86.2 cm³/mol. The maximum atomic E-state index is 5.93. The number of fused-ring (bicyclic) bond motifs is 1. The summed E-state index contributed by atoms with van der Waals surface area (Å²) in [6.07, 6.45) is 8.08. The van der Waals surface area contributed by atoms with Gasteiger partial charge in [0, 0.05) is 24.3 Å². The Hall–Kier alpha value is -1.02. The van der Waals surface area contributed by atoms with Crippen LogP contribution in [0.2, 0.25) is 0 Å². The van der Waals surface area contributed by atoms with Gasteiger partial charge in [-0.05, 0) is 68.7 Å². The van der Waals surface area contributed by atoms with Crippen molar-refractivity contribution in [3.63, 3.8) is 0 Å². The van der Waals surface area contributed by atoms with Gasteiger partial charge in [0.25, 0.3) is 0 Å². The van der Waals surface area contributed by atoms with Crippen LogP contribution in [0, 0.1) is 12.8 Å². The Morgan fingerprint density at radius 1 is 1.25 bits per heavy atom. The molecule has 2 N–H and O–H groups in total. The summed E-state index contributed by atoms with van der Waals surface area (Å²) in [7, 11) is 0. The SMILES string of the molecule is Cc1cc(N2CCC3CCCCC32)ccc1CC(C)N. The molecular weight excluding hydrogens is 244 g/mol. The van der Waals surface area contributed by atoms with E-state index in [0.29, 0.717) is 0 Å². The highest BCUT2D eigenvalue weighted by Crippen LogP contribution is 2.39. The Morgan fingerprint density at radius 2 is 2.05 bits per heavy atom. The number of anilines is 1. The van der Waals surface area contributed by atoms with Gasteiger partial charge >= 0.3 is 0 Å². The third-order valence-electron chi connectivity index (χ3n) is 5.21. The minimum Gasteiger partial charge on any atom is -0.368 e.